The number of ether oxygens (including phenoxy) is 1. The van der Waals surface area contributed by atoms with E-state index in [0.717, 1.165) is 55.6 Å². The van der Waals surface area contributed by atoms with Crippen LogP contribution in [0.5, 0.6) is 5.75 Å². The van der Waals surface area contributed by atoms with E-state index in [1.165, 1.54) is 22.1 Å². The van der Waals surface area contributed by atoms with E-state index in [9.17, 15) is 14.4 Å². The van der Waals surface area contributed by atoms with Gasteiger partial charge in [-0.3, -0.25) is 19.6 Å². The molecule has 1 spiro atoms. The number of amides is 2. The van der Waals surface area contributed by atoms with Gasteiger partial charge in [-0.2, -0.15) is 5.10 Å². The lowest BCUT2D eigenvalue weighted by Gasteiger charge is -2.38. The first-order chi connectivity index (χ1) is 18.5. The minimum Gasteiger partial charge on any atom is -0.492 e. The number of likely N-dealkylation sites (tertiary alicyclic amines) is 1. The number of nitrogens with one attached hydrogen (secondary N) is 2. The second-order valence-corrected chi connectivity index (χ2v) is 10.8. The van der Waals surface area contributed by atoms with Gasteiger partial charge in [-0.05, 0) is 62.5 Å². The van der Waals surface area contributed by atoms with Crippen molar-refractivity contribution < 1.29 is 19.1 Å². The van der Waals surface area contributed by atoms with Crippen LogP contribution < -0.4 is 10.1 Å². The van der Waals surface area contributed by atoms with Gasteiger partial charge >= 0.3 is 0 Å². The van der Waals surface area contributed by atoms with Crippen LogP contribution in [0.1, 0.15) is 58.3 Å². The van der Waals surface area contributed by atoms with Crippen LogP contribution in [0.4, 0.5) is 0 Å². The fourth-order valence-electron chi connectivity index (χ4n) is 6.50. The van der Waals surface area contributed by atoms with Crippen LogP contribution in [0, 0.1) is 6.92 Å². The number of aromatic amines is 1. The number of nitrogens with zero attached hydrogens (tertiary/aromatic N) is 3. The van der Waals surface area contributed by atoms with Crippen LogP contribution in [-0.4, -0.2) is 70.9 Å². The van der Waals surface area contributed by atoms with Gasteiger partial charge in [0, 0.05) is 47.5 Å². The number of H-pyrrole nitrogens is 1. The molecule has 2 amide bonds. The van der Waals surface area contributed by atoms with E-state index in [-0.39, 0.29) is 23.7 Å². The van der Waals surface area contributed by atoms with Gasteiger partial charge in [0.2, 0.25) is 5.91 Å². The summed E-state index contributed by atoms with van der Waals surface area (Å²) in [4.78, 5) is 40.9. The number of benzene rings is 2. The van der Waals surface area contributed by atoms with Gasteiger partial charge < -0.3 is 19.7 Å². The van der Waals surface area contributed by atoms with Gasteiger partial charge in [0.25, 0.3) is 5.91 Å². The molecule has 1 fully saturated rings. The van der Waals surface area contributed by atoms with Crippen molar-refractivity contribution in [3.05, 3.63) is 58.3 Å². The predicted molar refractivity (Wildman–Crippen MR) is 142 cm³/mol. The van der Waals surface area contributed by atoms with Crippen LogP contribution >= 0.6 is 0 Å². The highest BCUT2D eigenvalue weighted by Crippen LogP contribution is 2.49. The number of rotatable bonds is 7. The molecule has 3 aliphatic rings. The average molecular weight is 516 g/mol. The summed E-state index contributed by atoms with van der Waals surface area (Å²) >= 11 is 0. The summed E-state index contributed by atoms with van der Waals surface area (Å²) < 4.78 is 6.33. The third kappa shape index (κ3) is 3.88. The number of carbonyl (C=O) groups is 3. The maximum absolute atomic E-state index is 13.3. The van der Waals surface area contributed by atoms with Crippen molar-refractivity contribution in [2.45, 2.75) is 57.2 Å². The lowest BCUT2D eigenvalue weighted by atomic mass is 9.74. The lowest BCUT2D eigenvalue weighted by molar-refractivity contribution is -0.125. The maximum Gasteiger partial charge on any atom is 0.255 e. The van der Waals surface area contributed by atoms with Crippen LogP contribution in [0.3, 0.4) is 0 Å². The van der Waals surface area contributed by atoms with Crippen LogP contribution in [-0.2, 0) is 28.1 Å². The van der Waals surface area contributed by atoms with Crippen molar-refractivity contribution in [1.29, 1.82) is 0 Å². The van der Waals surface area contributed by atoms with Gasteiger partial charge in [0.15, 0.2) is 0 Å². The van der Waals surface area contributed by atoms with Gasteiger partial charge in [0.05, 0.1) is 24.9 Å². The number of hydrogen-bond acceptors (Lipinski definition) is 6. The van der Waals surface area contributed by atoms with Crippen molar-refractivity contribution in [3.8, 4) is 5.75 Å². The summed E-state index contributed by atoms with van der Waals surface area (Å²) in [5.74, 6) is 0.387. The first-order valence-electron chi connectivity index (χ1n) is 13.3. The smallest absolute Gasteiger partial charge is 0.255 e. The topological polar surface area (TPSA) is 108 Å². The first kappa shape index (κ1) is 24.6. The molecule has 0 saturated carbocycles. The summed E-state index contributed by atoms with van der Waals surface area (Å²) in [7, 11) is 1.55. The second kappa shape index (κ2) is 9.54. The van der Waals surface area contributed by atoms with Crippen molar-refractivity contribution in [2.24, 2.45) is 0 Å². The lowest BCUT2D eigenvalue weighted by Crippen LogP contribution is -2.46. The molecule has 1 aromatic heterocycles. The molecule has 6 rings (SSSR count). The fraction of sp³-hybridized carbons (Fsp3) is 0.448. The molecule has 4 heterocycles. The minimum absolute atomic E-state index is 0.0638. The molecule has 2 aromatic carbocycles. The molecule has 0 bridgehead atoms. The first-order valence-corrected chi connectivity index (χ1v) is 13.3. The van der Waals surface area contributed by atoms with E-state index >= 15 is 0 Å². The molecule has 1 saturated heterocycles. The quantitative estimate of drug-likeness (QED) is 0.469. The summed E-state index contributed by atoms with van der Waals surface area (Å²) in [5.41, 5.74) is 6.26. The van der Waals surface area contributed by atoms with E-state index in [2.05, 4.69) is 45.5 Å². The number of piperidine rings is 1. The number of likely N-dealkylation sites (N-methyl/N-ethyl adjacent to an activating group) is 1. The largest absolute Gasteiger partial charge is 0.492 e. The summed E-state index contributed by atoms with van der Waals surface area (Å²) in [6.45, 7) is 5.91. The summed E-state index contributed by atoms with van der Waals surface area (Å²) in [6.07, 6.45) is 5.20. The number of carbonyl (C=O) groups excluding carboxylic acids is 3. The zero-order valence-corrected chi connectivity index (χ0v) is 21.9. The molecule has 2 N–H and O–H groups in total. The van der Waals surface area contributed by atoms with E-state index < -0.39 is 6.04 Å². The molecule has 38 heavy (non-hydrogen) atoms. The third-order valence-corrected chi connectivity index (χ3v) is 8.79. The molecule has 3 aliphatic heterocycles. The number of aldehydes is 1. The zero-order valence-electron chi connectivity index (χ0n) is 21.9. The van der Waals surface area contributed by atoms with Crippen molar-refractivity contribution in [1.82, 2.24) is 25.3 Å². The van der Waals surface area contributed by atoms with E-state index in [4.69, 9.17) is 4.74 Å². The Hall–Kier alpha value is -3.72. The molecule has 0 aliphatic carbocycles. The van der Waals surface area contributed by atoms with Gasteiger partial charge in [-0.25, -0.2) is 0 Å². The SMILES string of the molecule is CNC(=O)C(CCC=O)N1Cc2c(ccc3c2OCC32CCN(Cc3c(C)ccc4[nH]ncc34)CC2)C1=O. The van der Waals surface area contributed by atoms with E-state index in [1.54, 1.807) is 11.9 Å². The highest BCUT2D eigenvalue weighted by molar-refractivity contribution is 6.02. The molecule has 0 radical (unpaired) electrons. The van der Waals surface area contributed by atoms with Crippen molar-refractivity contribution in [3.63, 3.8) is 0 Å². The monoisotopic (exact) mass is 515 g/mol. The zero-order chi connectivity index (χ0) is 26.4. The Morgan fingerprint density at radius 3 is 2.84 bits per heavy atom. The molecule has 9 nitrogen and oxygen atoms in total. The molecule has 1 unspecified atom stereocenters. The number of aryl methyl sites for hydroxylation is 1. The normalized spacial score (nSPS) is 18.9. The summed E-state index contributed by atoms with van der Waals surface area (Å²) in [5, 5.41) is 11.1. The molecular formula is C29H33N5O4. The molecular weight excluding hydrogens is 482 g/mol. The highest BCUT2D eigenvalue weighted by atomic mass is 16.5. The number of hydrogen-bond donors (Lipinski definition) is 2. The Labute approximate surface area is 221 Å². The second-order valence-electron chi connectivity index (χ2n) is 10.8. The molecule has 198 valence electrons. The average Bonchev–Trinajstić information content (AvgIpc) is 3.64. The Kier molecular flexibility index (Phi) is 6.18. The van der Waals surface area contributed by atoms with E-state index in [1.807, 2.05) is 12.3 Å². The highest BCUT2D eigenvalue weighted by Gasteiger charge is 2.47. The minimum atomic E-state index is -0.678. The maximum atomic E-state index is 13.3. The van der Waals surface area contributed by atoms with Crippen LogP contribution in [0.25, 0.3) is 10.9 Å². The fourth-order valence-corrected chi connectivity index (χ4v) is 6.50. The van der Waals surface area contributed by atoms with Crippen molar-refractivity contribution >= 4 is 29.0 Å². The molecule has 9 heteroatoms. The third-order valence-electron chi connectivity index (χ3n) is 8.79. The standard InChI is InChI=1S/C29H33N5O4/c1-18-5-8-24-20(14-31-32-24)21(18)15-33-11-9-29(10-12-33)17-38-26-22-16-34(25(4-3-13-35)27(36)30-2)28(37)19(22)6-7-23(26)29/h5-8,13-14,25H,3-4,9-12,15-17H2,1-2H3,(H,30,36)(H,31,32). The Balaban J connectivity index is 1.21. The van der Waals surface area contributed by atoms with Gasteiger partial charge in [-0.1, -0.05) is 12.1 Å². The van der Waals surface area contributed by atoms with E-state index in [0.29, 0.717) is 25.1 Å². The Bertz CT molecular complexity index is 1420. The Morgan fingerprint density at radius 2 is 2.08 bits per heavy atom. The summed E-state index contributed by atoms with van der Waals surface area (Å²) in [6, 6.07) is 7.53. The van der Waals surface area contributed by atoms with Crippen LogP contribution in [0.2, 0.25) is 0 Å². The molecule has 3 aromatic rings. The van der Waals surface area contributed by atoms with Crippen molar-refractivity contribution in [2.75, 3.05) is 26.7 Å². The van der Waals surface area contributed by atoms with Gasteiger partial charge in [0.1, 0.15) is 18.1 Å². The van der Waals surface area contributed by atoms with Crippen LogP contribution in [0.15, 0.2) is 30.5 Å². The Morgan fingerprint density at radius 1 is 1.26 bits per heavy atom. The molecule has 1 atom stereocenters. The van der Waals surface area contributed by atoms with Gasteiger partial charge in [-0.15, -0.1) is 0 Å². The number of fused-ring (bicyclic) bond motifs is 5. The predicted octanol–water partition coefficient (Wildman–Crippen LogP) is 2.85. The number of aromatic nitrogens is 2.